The van der Waals surface area contributed by atoms with Gasteiger partial charge in [-0.1, -0.05) is 12.1 Å². The van der Waals surface area contributed by atoms with Gasteiger partial charge in [0, 0.05) is 13.2 Å². The fraction of sp³-hybridized carbons (Fsp3) is 0.167. The summed E-state index contributed by atoms with van der Waals surface area (Å²) in [4.78, 5) is 10.2. The average Bonchev–Trinajstić information content (AvgIpc) is 2.38. The van der Waals surface area contributed by atoms with E-state index in [-0.39, 0.29) is 0 Å². The number of ether oxygens (including phenoxy) is 1. The molecule has 0 amide bonds. The Kier molecular flexibility index (Phi) is 3.09. The Bertz CT molecular complexity index is 515. The summed E-state index contributed by atoms with van der Waals surface area (Å²) in [5.41, 5.74) is 6.53. The molecule has 2 rings (SSSR count). The normalized spacial score (nSPS) is 10.0. The topological polar surface area (TPSA) is 64.3 Å². The molecule has 0 spiro atoms. The van der Waals surface area contributed by atoms with Crippen molar-refractivity contribution in [2.75, 3.05) is 24.8 Å². The fourth-order valence-electron chi connectivity index (χ4n) is 1.54. The number of hydrogen-bond acceptors (Lipinski definition) is 5. The van der Waals surface area contributed by atoms with Crippen molar-refractivity contribution in [2.45, 2.75) is 0 Å². The van der Waals surface area contributed by atoms with Crippen LogP contribution in [0.1, 0.15) is 0 Å². The summed E-state index contributed by atoms with van der Waals surface area (Å²) in [6, 6.07) is 9.32. The van der Waals surface area contributed by atoms with Gasteiger partial charge in [-0.15, -0.1) is 0 Å². The minimum Gasteiger partial charge on any atom is -0.495 e. The van der Waals surface area contributed by atoms with Gasteiger partial charge < -0.3 is 15.4 Å². The molecule has 88 valence electrons. The monoisotopic (exact) mass is 230 g/mol. The van der Waals surface area contributed by atoms with Gasteiger partial charge in [-0.2, -0.15) is 4.98 Å². The number of methoxy groups -OCH3 is 1. The summed E-state index contributed by atoms with van der Waals surface area (Å²) < 4.78 is 5.29. The number of aromatic nitrogens is 2. The summed E-state index contributed by atoms with van der Waals surface area (Å²) in [6.07, 6.45) is 1.63. The van der Waals surface area contributed by atoms with E-state index in [0.717, 1.165) is 11.4 Å². The molecule has 0 fully saturated rings. The van der Waals surface area contributed by atoms with Crippen LogP contribution in [0, 0.1) is 0 Å². The Morgan fingerprint density at radius 1 is 1.24 bits per heavy atom. The summed E-state index contributed by atoms with van der Waals surface area (Å²) in [7, 11) is 3.50. The molecule has 5 heteroatoms. The van der Waals surface area contributed by atoms with E-state index in [1.54, 1.807) is 19.4 Å². The molecule has 0 aliphatic carbocycles. The Labute approximate surface area is 99.9 Å². The molecule has 0 saturated carbocycles. The highest BCUT2D eigenvalue weighted by Crippen LogP contribution is 2.30. The molecule has 0 saturated heterocycles. The van der Waals surface area contributed by atoms with Crippen molar-refractivity contribution in [3.05, 3.63) is 36.5 Å². The zero-order chi connectivity index (χ0) is 12.3. The second kappa shape index (κ2) is 4.69. The molecule has 1 aromatic carbocycles. The third kappa shape index (κ3) is 2.28. The van der Waals surface area contributed by atoms with Crippen LogP contribution < -0.4 is 15.4 Å². The van der Waals surface area contributed by atoms with E-state index < -0.39 is 0 Å². The lowest BCUT2D eigenvalue weighted by Crippen LogP contribution is -2.14. The van der Waals surface area contributed by atoms with Crippen LogP contribution in [-0.2, 0) is 0 Å². The maximum absolute atomic E-state index is 5.64. The predicted octanol–water partition coefficient (Wildman–Crippen LogP) is 1.84. The maximum Gasteiger partial charge on any atom is 0.231 e. The van der Waals surface area contributed by atoms with Gasteiger partial charge >= 0.3 is 0 Å². The van der Waals surface area contributed by atoms with Crippen molar-refractivity contribution in [3.8, 4) is 5.75 Å². The standard InChI is InChI=1S/C12H14N4O/c1-16(12-14-8-7-11(13)15-12)9-5-3-4-6-10(9)17-2/h3-8H,1-2H3,(H2,13,14,15). The summed E-state index contributed by atoms with van der Waals surface area (Å²) in [6.45, 7) is 0. The molecular weight excluding hydrogens is 216 g/mol. The van der Waals surface area contributed by atoms with Crippen LogP contribution in [0.2, 0.25) is 0 Å². The number of rotatable bonds is 3. The molecule has 1 heterocycles. The molecule has 0 aliphatic heterocycles. The van der Waals surface area contributed by atoms with E-state index in [1.807, 2.05) is 36.2 Å². The Hall–Kier alpha value is -2.30. The van der Waals surface area contributed by atoms with Crippen molar-refractivity contribution < 1.29 is 4.74 Å². The number of nitrogen functional groups attached to an aromatic ring is 1. The molecule has 0 unspecified atom stereocenters. The van der Waals surface area contributed by atoms with Gasteiger partial charge in [-0.25, -0.2) is 4.98 Å². The molecule has 5 nitrogen and oxygen atoms in total. The molecule has 17 heavy (non-hydrogen) atoms. The Morgan fingerprint density at radius 3 is 2.71 bits per heavy atom. The number of nitrogens with two attached hydrogens (primary N) is 1. The van der Waals surface area contributed by atoms with Crippen LogP contribution in [0.3, 0.4) is 0 Å². The van der Waals surface area contributed by atoms with Crippen molar-refractivity contribution in [1.29, 1.82) is 0 Å². The average molecular weight is 230 g/mol. The van der Waals surface area contributed by atoms with E-state index in [9.17, 15) is 0 Å². The van der Waals surface area contributed by atoms with Gasteiger partial charge in [0.1, 0.15) is 11.6 Å². The van der Waals surface area contributed by atoms with Gasteiger partial charge in [0.05, 0.1) is 12.8 Å². The van der Waals surface area contributed by atoms with Gasteiger partial charge in [-0.05, 0) is 18.2 Å². The third-order valence-electron chi connectivity index (χ3n) is 2.41. The minimum absolute atomic E-state index is 0.441. The number of hydrogen-bond donors (Lipinski definition) is 1. The fourth-order valence-corrected chi connectivity index (χ4v) is 1.54. The predicted molar refractivity (Wildman–Crippen MR) is 67.5 cm³/mol. The van der Waals surface area contributed by atoms with Crippen LogP contribution in [0.15, 0.2) is 36.5 Å². The Balaban J connectivity index is 2.40. The lowest BCUT2D eigenvalue weighted by Gasteiger charge is -2.19. The second-order valence-electron chi connectivity index (χ2n) is 3.51. The summed E-state index contributed by atoms with van der Waals surface area (Å²) >= 11 is 0. The van der Waals surface area contributed by atoms with Crippen LogP contribution in [0.25, 0.3) is 0 Å². The van der Waals surface area contributed by atoms with Crippen LogP contribution in [-0.4, -0.2) is 24.1 Å². The first-order chi connectivity index (χ1) is 8.22. The number of para-hydroxylation sites is 2. The van der Waals surface area contributed by atoms with Crippen molar-refractivity contribution >= 4 is 17.5 Å². The van der Waals surface area contributed by atoms with E-state index >= 15 is 0 Å². The van der Waals surface area contributed by atoms with Crippen molar-refractivity contribution in [1.82, 2.24) is 9.97 Å². The first kappa shape index (κ1) is 11.2. The highest BCUT2D eigenvalue weighted by Gasteiger charge is 2.11. The highest BCUT2D eigenvalue weighted by molar-refractivity contribution is 5.65. The van der Waals surface area contributed by atoms with Crippen LogP contribution in [0.4, 0.5) is 17.5 Å². The quantitative estimate of drug-likeness (QED) is 0.871. The second-order valence-corrected chi connectivity index (χ2v) is 3.51. The SMILES string of the molecule is COc1ccccc1N(C)c1nccc(N)n1. The molecule has 2 aromatic rings. The first-order valence-electron chi connectivity index (χ1n) is 5.17. The number of benzene rings is 1. The molecule has 2 N–H and O–H groups in total. The maximum atomic E-state index is 5.64. The van der Waals surface area contributed by atoms with Gasteiger partial charge in [0.25, 0.3) is 0 Å². The molecule has 0 aliphatic rings. The lowest BCUT2D eigenvalue weighted by atomic mass is 10.3. The van der Waals surface area contributed by atoms with Crippen LogP contribution in [0.5, 0.6) is 5.75 Å². The van der Waals surface area contributed by atoms with E-state index in [4.69, 9.17) is 10.5 Å². The van der Waals surface area contributed by atoms with E-state index in [0.29, 0.717) is 11.8 Å². The minimum atomic E-state index is 0.441. The lowest BCUT2D eigenvalue weighted by molar-refractivity contribution is 0.415. The largest absolute Gasteiger partial charge is 0.495 e. The molecule has 1 aromatic heterocycles. The van der Waals surface area contributed by atoms with E-state index in [2.05, 4.69) is 9.97 Å². The number of anilines is 3. The van der Waals surface area contributed by atoms with Gasteiger partial charge in [0.2, 0.25) is 5.95 Å². The number of nitrogens with zero attached hydrogens (tertiary/aromatic N) is 3. The molecule has 0 bridgehead atoms. The van der Waals surface area contributed by atoms with Crippen LogP contribution >= 0.6 is 0 Å². The Morgan fingerprint density at radius 2 is 2.00 bits per heavy atom. The van der Waals surface area contributed by atoms with Crippen molar-refractivity contribution in [2.24, 2.45) is 0 Å². The summed E-state index contributed by atoms with van der Waals surface area (Å²) in [5, 5.41) is 0. The highest BCUT2D eigenvalue weighted by atomic mass is 16.5. The smallest absolute Gasteiger partial charge is 0.231 e. The zero-order valence-electron chi connectivity index (χ0n) is 9.79. The van der Waals surface area contributed by atoms with Gasteiger partial charge in [-0.3, -0.25) is 0 Å². The summed E-state index contributed by atoms with van der Waals surface area (Å²) in [5.74, 6) is 1.74. The van der Waals surface area contributed by atoms with Gasteiger partial charge in [0.15, 0.2) is 0 Å². The van der Waals surface area contributed by atoms with Crippen molar-refractivity contribution in [3.63, 3.8) is 0 Å². The zero-order valence-corrected chi connectivity index (χ0v) is 9.79. The van der Waals surface area contributed by atoms with E-state index in [1.165, 1.54) is 0 Å². The molecule has 0 radical (unpaired) electrons. The molecular formula is C12H14N4O. The third-order valence-corrected chi connectivity index (χ3v) is 2.41. The molecule has 0 atom stereocenters. The first-order valence-corrected chi connectivity index (χ1v) is 5.17.